The lowest BCUT2D eigenvalue weighted by molar-refractivity contribution is -0.122. The highest BCUT2D eigenvalue weighted by Gasteiger charge is 2.19. The van der Waals surface area contributed by atoms with Crippen molar-refractivity contribution < 1.29 is 19.0 Å². The number of ether oxygens (including phenoxy) is 3. The number of hydrogen-bond donors (Lipinski definition) is 1. The predicted octanol–water partition coefficient (Wildman–Crippen LogP) is 4.74. The van der Waals surface area contributed by atoms with Gasteiger partial charge in [-0.2, -0.15) is 0 Å². The van der Waals surface area contributed by atoms with Crippen molar-refractivity contribution in [3.05, 3.63) is 59.1 Å². The van der Waals surface area contributed by atoms with E-state index < -0.39 is 6.10 Å². The van der Waals surface area contributed by atoms with Gasteiger partial charge in [-0.25, -0.2) is 0 Å². The summed E-state index contributed by atoms with van der Waals surface area (Å²) in [6, 6.07) is 17.1. The van der Waals surface area contributed by atoms with Crippen molar-refractivity contribution in [1.82, 2.24) is 0 Å². The van der Waals surface area contributed by atoms with Crippen LogP contribution in [0.2, 0.25) is 0 Å². The van der Waals surface area contributed by atoms with E-state index in [9.17, 15) is 4.79 Å². The molecular formula is C20H16BrNO4. The molecule has 0 aromatic heterocycles. The quantitative estimate of drug-likeness (QED) is 0.670. The molecule has 1 atom stereocenters. The summed E-state index contributed by atoms with van der Waals surface area (Å²) >= 11 is 3.57. The van der Waals surface area contributed by atoms with Crippen LogP contribution >= 0.6 is 15.9 Å². The largest absolute Gasteiger partial charge is 0.480 e. The second kappa shape index (κ2) is 6.88. The van der Waals surface area contributed by atoms with Gasteiger partial charge in [0.2, 0.25) is 6.79 Å². The zero-order chi connectivity index (χ0) is 18.1. The molecule has 0 aliphatic carbocycles. The third-order valence-corrected chi connectivity index (χ3v) is 4.96. The van der Waals surface area contributed by atoms with Crippen molar-refractivity contribution in [3.63, 3.8) is 0 Å². The first-order valence-corrected chi connectivity index (χ1v) is 8.95. The molecule has 0 spiro atoms. The number of carbonyl (C=O) groups is 1. The van der Waals surface area contributed by atoms with E-state index in [1.54, 1.807) is 25.1 Å². The minimum absolute atomic E-state index is 0.197. The molecule has 0 saturated carbocycles. The van der Waals surface area contributed by atoms with Crippen LogP contribution in [0.4, 0.5) is 5.69 Å². The second-order valence-electron chi connectivity index (χ2n) is 5.92. The molecule has 3 aromatic carbocycles. The van der Waals surface area contributed by atoms with Crippen molar-refractivity contribution >= 4 is 38.3 Å². The summed E-state index contributed by atoms with van der Waals surface area (Å²) in [4.78, 5) is 12.5. The molecule has 5 nitrogen and oxygen atoms in total. The Morgan fingerprint density at radius 1 is 1.12 bits per heavy atom. The molecule has 3 aromatic rings. The molecule has 1 aliphatic heterocycles. The average molecular weight is 414 g/mol. The lowest BCUT2D eigenvalue weighted by atomic mass is 10.1. The van der Waals surface area contributed by atoms with E-state index in [0.717, 1.165) is 15.2 Å². The summed E-state index contributed by atoms with van der Waals surface area (Å²) in [5.74, 6) is 1.67. The van der Waals surface area contributed by atoms with E-state index in [2.05, 4.69) is 21.2 Å². The van der Waals surface area contributed by atoms with Crippen molar-refractivity contribution in [2.24, 2.45) is 0 Å². The van der Waals surface area contributed by atoms with Crippen molar-refractivity contribution in [1.29, 1.82) is 0 Å². The fourth-order valence-corrected chi connectivity index (χ4v) is 3.35. The summed E-state index contributed by atoms with van der Waals surface area (Å²) in [6.07, 6.45) is -0.669. The lowest BCUT2D eigenvalue weighted by Crippen LogP contribution is -2.30. The summed E-state index contributed by atoms with van der Waals surface area (Å²) in [5, 5.41) is 4.97. The van der Waals surface area contributed by atoms with Crippen molar-refractivity contribution in [2.75, 3.05) is 12.1 Å². The van der Waals surface area contributed by atoms with Crippen LogP contribution in [0, 0.1) is 0 Å². The average Bonchev–Trinajstić information content (AvgIpc) is 3.12. The van der Waals surface area contributed by atoms with Crippen LogP contribution in [-0.4, -0.2) is 18.8 Å². The number of hydrogen-bond acceptors (Lipinski definition) is 4. The first-order chi connectivity index (χ1) is 12.6. The number of anilines is 1. The van der Waals surface area contributed by atoms with Crippen LogP contribution in [0.25, 0.3) is 10.8 Å². The van der Waals surface area contributed by atoms with Gasteiger partial charge in [-0.1, -0.05) is 30.3 Å². The number of fused-ring (bicyclic) bond motifs is 2. The van der Waals surface area contributed by atoms with Crippen LogP contribution < -0.4 is 19.5 Å². The molecule has 6 heteroatoms. The fraction of sp³-hybridized carbons (Fsp3) is 0.150. The van der Waals surface area contributed by atoms with Crippen molar-refractivity contribution in [3.8, 4) is 17.2 Å². The second-order valence-corrected chi connectivity index (χ2v) is 6.71. The number of halogens is 1. The van der Waals surface area contributed by atoms with Gasteiger partial charge in [0, 0.05) is 11.8 Å². The monoisotopic (exact) mass is 413 g/mol. The van der Waals surface area contributed by atoms with E-state index in [0.29, 0.717) is 22.9 Å². The Morgan fingerprint density at radius 3 is 2.81 bits per heavy atom. The standard InChI is InChI=1S/C20H16BrNO4/c1-12(20(23)22-14-7-9-16-18(10-14)25-11-24-16)26-17-8-6-13-4-2-3-5-15(13)19(17)21/h2-10,12H,11H2,1H3,(H,22,23)/t12-/m1/s1. The molecule has 0 unspecified atom stereocenters. The molecule has 4 rings (SSSR count). The molecule has 26 heavy (non-hydrogen) atoms. The topological polar surface area (TPSA) is 56.8 Å². The van der Waals surface area contributed by atoms with Gasteiger partial charge in [0.25, 0.3) is 5.91 Å². The van der Waals surface area contributed by atoms with Gasteiger partial charge in [-0.05, 0) is 51.8 Å². The number of rotatable bonds is 4. The Hall–Kier alpha value is -2.73. The molecule has 1 N–H and O–H groups in total. The third kappa shape index (κ3) is 3.20. The maximum atomic E-state index is 12.5. The lowest BCUT2D eigenvalue weighted by Gasteiger charge is -2.17. The van der Waals surface area contributed by atoms with E-state index in [1.165, 1.54) is 0 Å². The third-order valence-electron chi connectivity index (χ3n) is 4.14. The summed E-state index contributed by atoms with van der Waals surface area (Å²) in [7, 11) is 0. The highest BCUT2D eigenvalue weighted by molar-refractivity contribution is 9.10. The fourth-order valence-electron chi connectivity index (χ4n) is 2.77. The summed E-state index contributed by atoms with van der Waals surface area (Å²) in [5.41, 5.74) is 0.632. The first kappa shape index (κ1) is 16.7. The molecule has 0 radical (unpaired) electrons. The zero-order valence-corrected chi connectivity index (χ0v) is 15.6. The first-order valence-electron chi connectivity index (χ1n) is 8.16. The molecule has 0 saturated heterocycles. The molecule has 132 valence electrons. The van der Waals surface area contributed by atoms with Crippen LogP contribution in [0.3, 0.4) is 0 Å². The van der Waals surface area contributed by atoms with Gasteiger partial charge < -0.3 is 19.5 Å². The Kier molecular flexibility index (Phi) is 4.42. The van der Waals surface area contributed by atoms with Gasteiger partial charge >= 0.3 is 0 Å². The SMILES string of the molecule is C[C@@H](Oc1ccc2ccccc2c1Br)C(=O)Nc1ccc2c(c1)OCO2. The van der Waals surface area contributed by atoms with E-state index in [-0.39, 0.29) is 12.7 Å². The predicted molar refractivity (Wildman–Crippen MR) is 103 cm³/mol. The van der Waals surface area contributed by atoms with Crippen LogP contribution in [-0.2, 0) is 4.79 Å². The normalized spacial score (nSPS) is 13.5. The number of benzene rings is 3. The Labute approximate surface area is 159 Å². The van der Waals surface area contributed by atoms with Crippen LogP contribution in [0.5, 0.6) is 17.2 Å². The molecule has 0 fully saturated rings. The van der Waals surface area contributed by atoms with Crippen LogP contribution in [0.1, 0.15) is 6.92 Å². The van der Waals surface area contributed by atoms with Crippen molar-refractivity contribution in [2.45, 2.75) is 13.0 Å². The number of amides is 1. The molecule has 0 bridgehead atoms. The number of nitrogens with one attached hydrogen (secondary N) is 1. The van der Waals surface area contributed by atoms with Gasteiger partial charge in [0.15, 0.2) is 17.6 Å². The van der Waals surface area contributed by atoms with Gasteiger partial charge in [0.1, 0.15) is 5.75 Å². The van der Waals surface area contributed by atoms with Gasteiger partial charge in [0.05, 0.1) is 4.47 Å². The molecule has 1 aliphatic rings. The Morgan fingerprint density at radius 2 is 1.92 bits per heavy atom. The molecule has 1 heterocycles. The smallest absolute Gasteiger partial charge is 0.265 e. The molecular weight excluding hydrogens is 398 g/mol. The Balaban J connectivity index is 1.48. The van der Waals surface area contributed by atoms with E-state index in [1.807, 2.05) is 36.4 Å². The van der Waals surface area contributed by atoms with Gasteiger partial charge in [-0.3, -0.25) is 4.79 Å². The van der Waals surface area contributed by atoms with E-state index in [4.69, 9.17) is 14.2 Å². The number of carbonyl (C=O) groups excluding carboxylic acids is 1. The Bertz CT molecular complexity index is 989. The zero-order valence-electron chi connectivity index (χ0n) is 14.0. The van der Waals surface area contributed by atoms with Gasteiger partial charge in [-0.15, -0.1) is 0 Å². The van der Waals surface area contributed by atoms with E-state index >= 15 is 0 Å². The minimum Gasteiger partial charge on any atom is -0.480 e. The molecule has 1 amide bonds. The summed E-state index contributed by atoms with van der Waals surface area (Å²) < 4.78 is 17.3. The highest BCUT2D eigenvalue weighted by atomic mass is 79.9. The minimum atomic E-state index is -0.669. The highest BCUT2D eigenvalue weighted by Crippen LogP contribution is 2.35. The van der Waals surface area contributed by atoms with Crippen LogP contribution in [0.15, 0.2) is 59.1 Å². The summed E-state index contributed by atoms with van der Waals surface area (Å²) in [6.45, 7) is 1.91. The maximum Gasteiger partial charge on any atom is 0.265 e. The maximum absolute atomic E-state index is 12.5.